The van der Waals surface area contributed by atoms with Gasteiger partial charge < -0.3 is 10.1 Å². The summed E-state index contributed by atoms with van der Waals surface area (Å²) < 4.78 is 7.96. The number of hydrogen-bond acceptors (Lipinski definition) is 5. The molecule has 5 rings (SSSR count). The molecular formula is C27H27N5O2. The van der Waals surface area contributed by atoms with Crippen molar-refractivity contribution < 1.29 is 9.53 Å². The second-order valence-corrected chi connectivity index (χ2v) is 8.97. The number of aryl methyl sites for hydroxylation is 1. The van der Waals surface area contributed by atoms with Gasteiger partial charge in [0.1, 0.15) is 12.4 Å². The van der Waals surface area contributed by atoms with E-state index in [0.29, 0.717) is 24.5 Å². The zero-order valence-electron chi connectivity index (χ0n) is 19.4. The second kappa shape index (κ2) is 9.09. The summed E-state index contributed by atoms with van der Waals surface area (Å²) in [6.07, 6.45) is 9.22. The number of nitrogens with one attached hydrogen (secondary N) is 1. The lowest BCUT2D eigenvalue weighted by molar-refractivity contribution is -0.125. The fourth-order valence-electron chi connectivity index (χ4n) is 4.52. The van der Waals surface area contributed by atoms with Gasteiger partial charge in [-0.15, -0.1) is 0 Å². The van der Waals surface area contributed by atoms with Crippen molar-refractivity contribution in [2.75, 3.05) is 5.32 Å². The summed E-state index contributed by atoms with van der Waals surface area (Å²) in [6.45, 7) is 2.42. The summed E-state index contributed by atoms with van der Waals surface area (Å²) in [6, 6.07) is 15.3. The molecule has 0 spiro atoms. The van der Waals surface area contributed by atoms with Gasteiger partial charge in [-0.25, -0.2) is 0 Å². The molecule has 1 aliphatic carbocycles. The Hall–Kier alpha value is -4.00. The number of para-hydroxylation sites is 2. The van der Waals surface area contributed by atoms with E-state index in [1.54, 1.807) is 24.8 Å². The third-order valence-corrected chi connectivity index (χ3v) is 6.51. The van der Waals surface area contributed by atoms with Crippen LogP contribution in [0.15, 0.2) is 73.3 Å². The smallest absolute Gasteiger partial charge is 0.230 e. The van der Waals surface area contributed by atoms with Crippen molar-refractivity contribution in [3.05, 3.63) is 90.1 Å². The summed E-state index contributed by atoms with van der Waals surface area (Å²) in [7, 11) is 1.97. The molecule has 0 radical (unpaired) electrons. The number of nitrogens with zero attached hydrogens (tertiary/aromatic N) is 4. The summed E-state index contributed by atoms with van der Waals surface area (Å²) in [5.41, 5.74) is 5.36. The van der Waals surface area contributed by atoms with Crippen LogP contribution in [0.1, 0.15) is 30.2 Å². The lowest BCUT2D eigenvalue weighted by Gasteiger charge is -2.33. The van der Waals surface area contributed by atoms with Crippen molar-refractivity contribution in [1.82, 2.24) is 19.7 Å². The van der Waals surface area contributed by atoms with E-state index in [2.05, 4.69) is 15.3 Å². The van der Waals surface area contributed by atoms with Gasteiger partial charge in [-0.2, -0.15) is 5.10 Å². The molecule has 1 aromatic carbocycles. The molecule has 3 heterocycles. The monoisotopic (exact) mass is 453 g/mol. The first-order valence-electron chi connectivity index (χ1n) is 11.4. The van der Waals surface area contributed by atoms with E-state index in [9.17, 15) is 4.79 Å². The number of ether oxygens (including phenoxy) is 1. The Balaban J connectivity index is 1.36. The van der Waals surface area contributed by atoms with Crippen LogP contribution in [0.3, 0.4) is 0 Å². The maximum absolute atomic E-state index is 13.6. The molecule has 34 heavy (non-hydrogen) atoms. The van der Waals surface area contributed by atoms with Crippen LogP contribution in [0.2, 0.25) is 0 Å². The van der Waals surface area contributed by atoms with Crippen LogP contribution in [0.5, 0.6) is 5.75 Å². The van der Waals surface area contributed by atoms with Crippen molar-refractivity contribution in [2.24, 2.45) is 12.5 Å². The van der Waals surface area contributed by atoms with E-state index in [4.69, 9.17) is 9.84 Å². The molecule has 1 aliphatic rings. The van der Waals surface area contributed by atoms with Crippen molar-refractivity contribution in [3.63, 3.8) is 0 Å². The number of fused-ring (bicyclic) bond motifs is 1. The predicted molar refractivity (Wildman–Crippen MR) is 130 cm³/mol. The van der Waals surface area contributed by atoms with Crippen molar-refractivity contribution in [3.8, 4) is 17.0 Å². The molecule has 0 bridgehead atoms. The zero-order chi connectivity index (χ0) is 23.5. The molecule has 0 saturated heterocycles. The standard InChI is InChI=1S/C27H27N5O2/c1-27(12-9-23-21(16-27)25(31-32(23)2)20-10-14-28-15-11-20)26(33)30-22-7-3-4-8-24(22)34-18-19-6-5-13-29-17-19/h3-8,10-11,13-15,17H,9,12,16,18H2,1-2H3,(H,30,33). The molecule has 0 saturated carbocycles. The Morgan fingerprint density at radius 1 is 1.09 bits per heavy atom. The van der Waals surface area contributed by atoms with E-state index in [0.717, 1.165) is 35.2 Å². The molecule has 3 aromatic heterocycles. The van der Waals surface area contributed by atoms with E-state index >= 15 is 0 Å². The van der Waals surface area contributed by atoms with Gasteiger partial charge in [-0.3, -0.25) is 19.4 Å². The maximum atomic E-state index is 13.6. The van der Waals surface area contributed by atoms with Gasteiger partial charge in [0.25, 0.3) is 0 Å². The maximum Gasteiger partial charge on any atom is 0.230 e. The van der Waals surface area contributed by atoms with Gasteiger partial charge in [0.2, 0.25) is 5.91 Å². The number of carbonyl (C=O) groups excluding carboxylic acids is 1. The Labute approximate surface area is 198 Å². The summed E-state index contributed by atoms with van der Waals surface area (Å²) in [4.78, 5) is 21.8. The highest BCUT2D eigenvalue weighted by Gasteiger charge is 2.40. The molecule has 1 amide bonds. The molecule has 1 N–H and O–H groups in total. The molecule has 7 heteroatoms. The second-order valence-electron chi connectivity index (χ2n) is 8.97. The number of aromatic nitrogens is 4. The van der Waals surface area contributed by atoms with Gasteiger partial charge in [0.05, 0.1) is 16.8 Å². The third-order valence-electron chi connectivity index (χ3n) is 6.51. The average molecular weight is 454 g/mol. The van der Waals surface area contributed by atoms with Gasteiger partial charge in [-0.1, -0.05) is 25.1 Å². The van der Waals surface area contributed by atoms with Gasteiger partial charge >= 0.3 is 0 Å². The van der Waals surface area contributed by atoms with Crippen LogP contribution in [0.25, 0.3) is 11.3 Å². The van der Waals surface area contributed by atoms with Crippen LogP contribution in [0.4, 0.5) is 5.69 Å². The number of carbonyl (C=O) groups is 1. The molecule has 4 aromatic rings. The van der Waals surface area contributed by atoms with E-state index in [-0.39, 0.29) is 5.91 Å². The van der Waals surface area contributed by atoms with Crippen molar-refractivity contribution in [1.29, 1.82) is 0 Å². The highest BCUT2D eigenvalue weighted by Crippen LogP contribution is 2.40. The van der Waals surface area contributed by atoms with Gasteiger partial charge in [0.15, 0.2) is 0 Å². The third kappa shape index (κ3) is 4.29. The Bertz CT molecular complexity index is 1300. The van der Waals surface area contributed by atoms with Crippen molar-refractivity contribution in [2.45, 2.75) is 32.8 Å². The van der Waals surface area contributed by atoms with Crippen LogP contribution in [-0.4, -0.2) is 25.7 Å². The first kappa shape index (κ1) is 21.8. The first-order valence-corrected chi connectivity index (χ1v) is 11.4. The predicted octanol–water partition coefficient (Wildman–Crippen LogP) is 4.59. The van der Waals surface area contributed by atoms with Crippen LogP contribution in [-0.2, 0) is 31.3 Å². The normalized spacial score (nSPS) is 17.1. The molecule has 0 fully saturated rings. The minimum Gasteiger partial charge on any atom is -0.487 e. The first-order chi connectivity index (χ1) is 16.5. The number of rotatable bonds is 6. The highest BCUT2D eigenvalue weighted by molar-refractivity contribution is 5.96. The molecular weight excluding hydrogens is 426 g/mol. The lowest BCUT2D eigenvalue weighted by Crippen LogP contribution is -2.38. The van der Waals surface area contributed by atoms with E-state index < -0.39 is 5.41 Å². The molecule has 0 aliphatic heterocycles. The van der Waals surface area contributed by atoms with Crippen LogP contribution < -0.4 is 10.1 Å². The quantitative estimate of drug-likeness (QED) is 0.462. The molecule has 172 valence electrons. The molecule has 7 nitrogen and oxygen atoms in total. The number of benzene rings is 1. The van der Waals surface area contributed by atoms with E-state index in [1.165, 1.54) is 5.69 Å². The molecule has 1 atom stereocenters. The van der Waals surface area contributed by atoms with Gasteiger partial charge in [0, 0.05) is 54.2 Å². The minimum absolute atomic E-state index is 0.0138. The number of pyridine rings is 2. The van der Waals surface area contributed by atoms with Crippen molar-refractivity contribution >= 4 is 11.6 Å². The number of anilines is 1. The average Bonchev–Trinajstić information content (AvgIpc) is 3.19. The fourth-order valence-corrected chi connectivity index (χ4v) is 4.52. The summed E-state index contributed by atoms with van der Waals surface area (Å²) in [5, 5.41) is 7.91. The Morgan fingerprint density at radius 2 is 1.91 bits per heavy atom. The zero-order valence-corrected chi connectivity index (χ0v) is 19.4. The lowest BCUT2D eigenvalue weighted by atomic mass is 9.73. The SMILES string of the molecule is Cn1nc(-c2ccncc2)c2c1CCC(C)(C(=O)Nc1ccccc1OCc1cccnc1)C2. The van der Waals surface area contributed by atoms with Crippen LogP contribution >= 0.6 is 0 Å². The topological polar surface area (TPSA) is 81.9 Å². The number of amides is 1. The van der Waals surface area contributed by atoms with Crippen LogP contribution in [0, 0.1) is 5.41 Å². The highest BCUT2D eigenvalue weighted by atomic mass is 16.5. The Morgan fingerprint density at radius 3 is 2.71 bits per heavy atom. The number of hydrogen-bond donors (Lipinski definition) is 1. The van der Waals surface area contributed by atoms with Gasteiger partial charge in [-0.05, 0) is 49.6 Å². The van der Waals surface area contributed by atoms with E-state index in [1.807, 2.05) is 67.2 Å². The summed E-state index contributed by atoms with van der Waals surface area (Å²) in [5.74, 6) is 0.624. The fraction of sp³-hybridized carbons (Fsp3) is 0.259. The molecule has 1 unspecified atom stereocenters. The largest absolute Gasteiger partial charge is 0.487 e. The Kier molecular flexibility index (Phi) is 5.84. The summed E-state index contributed by atoms with van der Waals surface area (Å²) >= 11 is 0. The minimum atomic E-state index is -0.561.